The largest absolute Gasteiger partial charge is 0.365 e. The third-order valence-electron chi connectivity index (χ3n) is 7.39. The van der Waals surface area contributed by atoms with E-state index < -0.39 is 0 Å². The molecule has 176 valence electrons. The molecule has 3 aromatic rings. The summed E-state index contributed by atoms with van der Waals surface area (Å²) in [6, 6.07) is 11.0. The fourth-order valence-corrected chi connectivity index (χ4v) is 5.45. The lowest BCUT2D eigenvalue weighted by atomic mass is 10.1. The fourth-order valence-electron chi connectivity index (χ4n) is 5.45. The molecular formula is C26H31N7O. The molecule has 0 aliphatic carbocycles. The number of nitrogens with zero attached hydrogens (tertiary/aromatic N) is 6. The first kappa shape index (κ1) is 21.3. The maximum Gasteiger partial charge on any atom is 0.273 e. The van der Waals surface area contributed by atoms with E-state index in [4.69, 9.17) is 9.97 Å². The average Bonchev–Trinajstić information content (AvgIpc) is 3.46. The van der Waals surface area contributed by atoms with Crippen molar-refractivity contribution in [3.8, 4) is 0 Å². The van der Waals surface area contributed by atoms with Gasteiger partial charge in [0.15, 0.2) is 0 Å². The standard InChI is InChI=1S/C26H31N7O/c1-17(2)33-16-21-23(25(33)34)29-26(32-11-10-31-9-5-7-20(31)15-32)30-24(21)28-14-18-12-19-6-3-4-8-22(19)27-13-18/h3-4,6,8,12-13,17,20H,5,7,9-11,14-16H2,1-2H3,(H,28,29,30)/t20-/m0/s1. The topological polar surface area (TPSA) is 77.5 Å². The van der Waals surface area contributed by atoms with Gasteiger partial charge in [-0.2, -0.15) is 4.98 Å². The maximum atomic E-state index is 13.2. The van der Waals surface area contributed by atoms with E-state index in [0.29, 0.717) is 30.8 Å². The first-order valence-corrected chi connectivity index (χ1v) is 12.4. The Bertz CT molecular complexity index is 1240. The minimum absolute atomic E-state index is 0.00331. The van der Waals surface area contributed by atoms with Crippen LogP contribution >= 0.6 is 0 Å². The Kier molecular flexibility index (Phi) is 5.32. The molecule has 2 saturated heterocycles. The van der Waals surface area contributed by atoms with E-state index in [0.717, 1.165) is 47.5 Å². The second-order valence-electron chi connectivity index (χ2n) is 9.89. The zero-order valence-corrected chi connectivity index (χ0v) is 19.9. The van der Waals surface area contributed by atoms with Gasteiger partial charge in [0.25, 0.3) is 5.91 Å². The molecule has 5 heterocycles. The number of rotatable bonds is 5. The van der Waals surface area contributed by atoms with Gasteiger partial charge in [0.1, 0.15) is 11.5 Å². The monoisotopic (exact) mass is 457 g/mol. The third kappa shape index (κ3) is 3.76. The van der Waals surface area contributed by atoms with Crippen molar-refractivity contribution in [2.24, 2.45) is 0 Å². The Morgan fingerprint density at radius 3 is 2.91 bits per heavy atom. The van der Waals surface area contributed by atoms with Crippen molar-refractivity contribution in [2.75, 3.05) is 36.4 Å². The number of hydrogen-bond donors (Lipinski definition) is 1. The molecule has 0 saturated carbocycles. The summed E-state index contributed by atoms with van der Waals surface area (Å²) in [4.78, 5) is 34.3. The zero-order chi connectivity index (χ0) is 23.2. The second kappa shape index (κ2) is 8.51. The van der Waals surface area contributed by atoms with Crippen molar-refractivity contribution in [1.29, 1.82) is 0 Å². The fraction of sp³-hybridized carbons (Fsp3) is 0.462. The maximum absolute atomic E-state index is 13.2. The quantitative estimate of drug-likeness (QED) is 0.630. The van der Waals surface area contributed by atoms with Crippen LogP contribution in [-0.4, -0.2) is 68.9 Å². The number of nitrogens with one attached hydrogen (secondary N) is 1. The van der Waals surface area contributed by atoms with Gasteiger partial charge in [0, 0.05) is 55.4 Å². The number of carbonyl (C=O) groups excluding carboxylic acids is 1. The van der Waals surface area contributed by atoms with E-state index >= 15 is 0 Å². The number of para-hydroxylation sites is 1. The molecule has 1 N–H and O–H groups in total. The van der Waals surface area contributed by atoms with Crippen molar-refractivity contribution < 1.29 is 4.79 Å². The highest BCUT2D eigenvalue weighted by atomic mass is 16.2. The van der Waals surface area contributed by atoms with Crippen molar-refractivity contribution in [1.82, 2.24) is 24.8 Å². The molecule has 0 bridgehead atoms. The van der Waals surface area contributed by atoms with Crippen LogP contribution in [0.2, 0.25) is 0 Å². The Morgan fingerprint density at radius 1 is 1.15 bits per heavy atom. The lowest BCUT2D eigenvalue weighted by molar-refractivity contribution is 0.0726. The van der Waals surface area contributed by atoms with Gasteiger partial charge in [-0.3, -0.25) is 14.7 Å². The Hall–Kier alpha value is -3.26. The van der Waals surface area contributed by atoms with Gasteiger partial charge in [-0.05, 0) is 50.9 Å². The van der Waals surface area contributed by atoms with Crippen LogP contribution in [0.25, 0.3) is 10.9 Å². The summed E-state index contributed by atoms with van der Waals surface area (Å²) in [5, 5.41) is 4.64. The van der Waals surface area contributed by atoms with E-state index in [1.807, 2.05) is 43.1 Å². The lowest BCUT2D eigenvalue weighted by Crippen LogP contribution is -2.50. The number of pyridine rings is 1. The molecule has 1 aromatic carbocycles. The van der Waals surface area contributed by atoms with Crippen LogP contribution < -0.4 is 10.2 Å². The van der Waals surface area contributed by atoms with Crippen LogP contribution in [0.15, 0.2) is 36.5 Å². The number of anilines is 2. The highest BCUT2D eigenvalue weighted by Gasteiger charge is 2.36. The molecule has 34 heavy (non-hydrogen) atoms. The zero-order valence-electron chi connectivity index (χ0n) is 19.9. The highest BCUT2D eigenvalue weighted by molar-refractivity contribution is 5.98. The van der Waals surface area contributed by atoms with Gasteiger partial charge in [-0.1, -0.05) is 18.2 Å². The molecule has 1 atom stereocenters. The molecule has 3 aliphatic rings. The molecule has 0 radical (unpaired) electrons. The summed E-state index contributed by atoms with van der Waals surface area (Å²) < 4.78 is 0. The molecule has 0 unspecified atom stereocenters. The first-order valence-electron chi connectivity index (χ1n) is 12.4. The summed E-state index contributed by atoms with van der Waals surface area (Å²) in [6.07, 6.45) is 4.39. The number of piperazine rings is 1. The number of benzene rings is 1. The van der Waals surface area contributed by atoms with E-state index in [1.165, 1.54) is 19.4 Å². The SMILES string of the molecule is CC(C)N1Cc2c(NCc3cnc4ccccc4c3)nc(N3CCN4CCC[C@H]4C3)nc2C1=O. The number of fused-ring (bicyclic) bond motifs is 3. The van der Waals surface area contributed by atoms with E-state index in [1.54, 1.807) is 0 Å². The number of carbonyl (C=O) groups is 1. The van der Waals surface area contributed by atoms with Gasteiger partial charge in [0.05, 0.1) is 12.1 Å². The van der Waals surface area contributed by atoms with E-state index in [2.05, 4.69) is 32.2 Å². The predicted molar refractivity (Wildman–Crippen MR) is 133 cm³/mol. The smallest absolute Gasteiger partial charge is 0.273 e. The van der Waals surface area contributed by atoms with Gasteiger partial charge >= 0.3 is 0 Å². The summed E-state index contributed by atoms with van der Waals surface area (Å²) >= 11 is 0. The summed E-state index contributed by atoms with van der Waals surface area (Å²) in [5.41, 5.74) is 3.51. The van der Waals surface area contributed by atoms with Crippen molar-refractivity contribution in [3.05, 3.63) is 53.3 Å². The molecule has 0 spiro atoms. The van der Waals surface area contributed by atoms with Crippen molar-refractivity contribution >= 4 is 28.6 Å². The van der Waals surface area contributed by atoms with E-state index in [-0.39, 0.29) is 11.9 Å². The molecule has 2 fully saturated rings. The number of hydrogen-bond acceptors (Lipinski definition) is 7. The normalized spacial score (nSPS) is 20.3. The summed E-state index contributed by atoms with van der Waals surface area (Å²) in [7, 11) is 0. The molecule has 6 rings (SSSR count). The number of aromatic nitrogens is 3. The van der Waals surface area contributed by atoms with Crippen molar-refractivity contribution in [2.45, 2.75) is 51.9 Å². The molecule has 3 aliphatic heterocycles. The van der Waals surface area contributed by atoms with Crippen LogP contribution in [0.1, 0.15) is 48.3 Å². The predicted octanol–water partition coefficient (Wildman–Crippen LogP) is 3.29. The van der Waals surface area contributed by atoms with Crippen LogP contribution in [0.4, 0.5) is 11.8 Å². The molecular weight excluding hydrogens is 426 g/mol. The highest BCUT2D eigenvalue weighted by Crippen LogP contribution is 2.32. The average molecular weight is 458 g/mol. The van der Waals surface area contributed by atoms with Crippen LogP contribution in [0, 0.1) is 0 Å². The minimum atomic E-state index is 0.00331. The molecule has 8 nitrogen and oxygen atoms in total. The van der Waals surface area contributed by atoms with Gasteiger partial charge < -0.3 is 15.1 Å². The summed E-state index contributed by atoms with van der Waals surface area (Å²) in [5.74, 6) is 1.44. The lowest BCUT2D eigenvalue weighted by Gasteiger charge is -2.37. The second-order valence-corrected chi connectivity index (χ2v) is 9.89. The Morgan fingerprint density at radius 2 is 2.03 bits per heavy atom. The van der Waals surface area contributed by atoms with Gasteiger partial charge in [-0.25, -0.2) is 4.98 Å². The minimum Gasteiger partial charge on any atom is -0.365 e. The van der Waals surface area contributed by atoms with E-state index in [9.17, 15) is 4.79 Å². The third-order valence-corrected chi connectivity index (χ3v) is 7.39. The van der Waals surface area contributed by atoms with Crippen molar-refractivity contribution in [3.63, 3.8) is 0 Å². The Balaban J connectivity index is 1.31. The number of amides is 1. The molecule has 2 aromatic heterocycles. The molecule has 8 heteroatoms. The van der Waals surface area contributed by atoms with Crippen LogP contribution in [0.3, 0.4) is 0 Å². The Labute approximate surface area is 200 Å². The first-order chi connectivity index (χ1) is 16.6. The van der Waals surface area contributed by atoms with Crippen LogP contribution in [0.5, 0.6) is 0 Å². The van der Waals surface area contributed by atoms with Crippen LogP contribution in [-0.2, 0) is 13.1 Å². The van der Waals surface area contributed by atoms with Gasteiger partial charge in [-0.15, -0.1) is 0 Å². The summed E-state index contributed by atoms with van der Waals surface area (Å²) in [6.45, 7) is 9.27. The molecule has 1 amide bonds. The van der Waals surface area contributed by atoms with Gasteiger partial charge in [0.2, 0.25) is 5.95 Å².